The molecule has 0 aromatic rings. The lowest BCUT2D eigenvalue weighted by Crippen LogP contribution is -2.45. The number of unbranched alkanes of at least 4 members (excludes halogenated alkanes) is 45. The second-order valence-electron chi connectivity index (χ2n) is 22.8. The first kappa shape index (κ1) is 72.8. The van der Waals surface area contributed by atoms with Gasteiger partial charge < -0.3 is 20.3 Å². The van der Waals surface area contributed by atoms with Crippen LogP contribution in [0.25, 0.3) is 0 Å². The van der Waals surface area contributed by atoms with Gasteiger partial charge in [0.05, 0.1) is 25.4 Å². The maximum absolute atomic E-state index is 12.5. The molecule has 0 aliphatic heterocycles. The number of aliphatic hydroxyl groups excluding tert-OH is 2. The number of amides is 1. The van der Waals surface area contributed by atoms with Crippen molar-refractivity contribution in [3.63, 3.8) is 0 Å². The Balaban J connectivity index is 3.49. The number of ether oxygens (including phenoxy) is 1. The standard InChI is InChI=1S/C69H129NO5/c1-3-5-7-9-11-13-15-17-19-21-22-23-24-25-26-27-28-30-33-37-41-45-49-53-57-61-67(72)66(65-71)70-68(73)62-58-54-50-46-42-38-34-31-32-36-40-44-48-52-56-60-64-75-69(74)63-59-55-51-47-43-39-35-29-20-18-16-14-12-10-8-6-4-2/h12,14,18,20,31,34,57,61,66-67,71-72H,3-11,13,15-17,19,21-30,32-33,35-56,58-60,62-65H2,1-2H3,(H,70,73)/b14-12-,20-18-,34-31-,61-57+. The highest BCUT2D eigenvalue weighted by Gasteiger charge is 2.18. The Morgan fingerprint density at radius 2 is 0.667 bits per heavy atom. The number of allylic oxidation sites excluding steroid dienone is 7. The van der Waals surface area contributed by atoms with Gasteiger partial charge in [0.15, 0.2) is 0 Å². The van der Waals surface area contributed by atoms with E-state index in [1.165, 1.54) is 257 Å². The summed E-state index contributed by atoms with van der Waals surface area (Å²) in [7, 11) is 0. The van der Waals surface area contributed by atoms with Crippen LogP contribution in [0, 0.1) is 0 Å². The first-order valence-corrected chi connectivity index (χ1v) is 33.4. The van der Waals surface area contributed by atoms with Crippen molar-refractivity contribution in [3.05, 3.63) is 48.6 Å². The molecule has 440 valence electrons. The minimum atomic E-state index is -0.858. The van der Waals surface area contributed by atoms with E-state index in [2.05, 4.69) is 55.6 Å². The van der Waals surface area contributed by atoms with Crippen LogP contribution >= 0.6 is 0 Å². The zero-order chi connectivity index (χ0) is 54.3. The maximum Gasteiger partial charge on any atom is 0.305 e. The van der Waals surface area contributed by atoms with Crippen LogP contribution in [0.5, 0.6) is 0 Å². The molecule has 0 aliphatic carbocycles. The molecule has 2 unspecified atom stereocenters. The Labute approximate surface area is 467 Å². The molecule has 0 heterocycles. The fraction of sp³-hybridized carbons (Fsp3) is 0.855. The molecule has 75 heavy (non-hydrogen) atoms. The monoisotopic (exact) mass is 1050 g/mol. The van der Waals surface area contributed by atoms with E-state index in [1.54, 1.807) is 6.08 Å². The number of nitrogens with one attached hydrogen (secondary N) is 1. The van der Waals surface area contributed by atoms with E-state index in [0.717, 1.165) is 70.6 Å². The normalized spacial score (nSPS) is 12.9. The van der Waals surface area contributed by atoms with Gasteiger partial charge in [0.25, 0.3) is 0 Å². The third kappa shape index (κ3) is 60.9. The summed E-state index contributed by atoms with van der Waals surface area (Å²) in [5.41, 5.74) is 0. The molecule has 0 fully saturated rings. The first-order valence-electron chi connectivity index (χ1n) is 33.4. The molecule has 0 aliphatic rings. The van der Waals surface area contributed by atoms with Crippen LogP contribution in [-0.4, -0.2) is 47.4 Å². The topological polar surface area (TPSA) is 95.9 Å². The smallest absolute Gasteiger partial charge is 0.305 e. The summed E-state index contributed by atoms with van der Waals surface area (Å²) in [6.07, 6.45) is 83.0. The van der Waals surface area contributed by atoms with Crippen molar-refractivity contribution in [3.8, 4) is 0 Å². The zero-order valence-electron chi connectivity index (χ0n) is 50.3. The molecule has 0 spiro atoms. The molecule has 0 aromatic heterocycles. The third-order valence-corrected chi connectivity index (χ3v) is 15.3. The fourth-order valence-electron chi connectivity index (χ4n) is 10.2. The number of rotatable bonds is 62. The second-order valence-corrected chi connectivity index (χ2v) is 22.8. The molecule has 3 N–H and O–H groups in total. The highest BCUT2D eigenvalue weighted by molar-refractivity contribution is 5.76. The predicted molar refractivity (Wildman–Crippen MR) is 329 cm³/mol. The van der Waals surface area contributed by atoms with E-state index in [-0.39, 0.29) is 18.5 Å². The highest BCUT2D eigenvalue weighted by atomic mass is 16.5. The summed E-state index contributed by atoms with van der Waals surface area (Å²) in [5, 5.41) is 23.2. The molecule has 0 saturated carbocycles. The van der Waals surface area contributed by atoms with Crippen molar-refractivity contribution in [2.24, 2.45) is 0 Å². The van der Waals surface area contributed by atoms with Crippen LogP contribution in [0.15, 0.2) is 48.6 Å². The minimum Gasteiger partial charge on any atom is -0.466 e. The highest BCUT2D eigenvalue weighted by Crippen LogP contribution is 2.17. The van der Waals surface area contributed by atoms with E-state index in [4.69, 9.17) is 4.74 Å². The van der Waals surface area contributed by atoms with E-state index >= 15 is 0 Å². The molecule has 0 aromatic carbocycles. The van der Waals surface area contributed by atoms with Gasteiger partial charge in [-0.15, -0.1) is 0 Å². The largest absolute Gasteiger partial charge is 0.466 e. The SMILES string of the molecule is CCCCC/C=C\C/C=C\CCCCCCCCCC(=O)OCCCCCCCCC/C=C\CCCCCCCC(=O)NC(CO)C(O)/C=C/CCCCCCCCCCCCCCCCCCCCCCCCC. The van der Waals surface area contributed by atoms with E-state index in [1.807, 2.05) is 6.08 Å². The quantitative estimate of drug-likeness (QED) is 0.0320. The van der Waals surface area contributed by atoms with Crippen molar-refractivity contribution in [2.45, 2.75) is 366 Å². The summed E-state index contributed by atoms with van der Waals surface area (Å²) in [4.78, 5) is 24.6. The second kappa shape index (κ2) is 64.3. The van der Waals surface area contributed by atoms with Gasteiger partial charge in [-0.1, -0.05) is 300 Å². The Kier molecular flexibility index (Phi) is 62.5. The Morgan fingerprint density at radius 1 is 0.373 bits per heavy atom. The first-order chi connectivity index (χ1) is 37.0. The fourth-order valence-corrected chi connectivity index (χ4v) is 10.2. The zero-order valence-corrected chi connectivity index (χ0v) is 50.3. The third-order valence-electron chi connectivity index (χ3n) is 15.3. The van der Waals surface area contributed by atoms with Crippen LogP contribution in [0.4, 0.5) is 0 Å². The van der Waals surface area contributed by atoms with Gasteiger partial charge in [-0.2, -0.15) is 0 Å². The van der Waals surface area contributed by atoms with Crippen LogP contribution in [-0.2, 0) is 14.3 Å². The van der Waals surface area contributed by atoms with Crippen molar-refractivity contribution >= 4 is 11.9 Å². The number of esters is 1. The van der Waals surface area contributed by atoms with Gasteiger partial charge in [-0.25, -0.2) is 0 Å². The minimum absolute atomic E-state index is 0.0113. The summed E-state index contributed by atoms with van der Waals surface area (Å²) >= 11 is 0. The number of aliphatic hydroxyl groups is 2. The lowest BCUT2D eigenvalue weighted by molar-refractivity contribution is -0.143. The van der Waals surface area contributed by atoms with Gasteiger partial charge in [0.2, 0.25) is 5.91 Å². The van der Waals surface area contributed by atoms with Crippen molar-refractivity contribution in [1.29, 1.82) is 0 Å². The molecule has 6 nitrogen and oxygen atoms in total. The van der Waals surface area contributed by atoms with Gasteiger partial charge in [-0.3, -0.25) is 9.59 Å². The molecular weight excluding hydrogens is 923 g/mol. The Morgan fingerprint density at radius 3 is 1.05 bits per heavy atom. The lowest BCUT2D eigenvalue weighted by Gasteiger charge is -2.20. The van der Waals surface area contributed by atoms with Crippen LogP contribution in [0.2, 0.25) is 0 Å². The van der Waals surface area contributed by atoms with Gasteiger partial charge >= 0.3 is 5.97 Å². The molecule has 2 atom stereocenters. The average molecular weight is 1050 g/mol. The van der Waals surface area contributed by atoms with Crippen LogP contribution < -0.4 is 5.32 Å². The Bertz CT molecular complexity index is 1260. The predicted octanol–water partition coefficient (Wildman–Crippen LogP) is 21.3. The van der Waals surface area contributed by atoms with Crippen LogP contribution in [0.3, 0.4) is 0 Å². The molecule has 0 radical (unpaired) electrons. The number of hydrogen-bond donors (Lipinski definition) is 3. The van der Waals surface area contributed by atoms with E-state index in [9.17, 15) is 19.8 Å². The van der Waals surface area contributed by atoms with Crippen molar-refractivity contribution in [1.82, 2.24) is 5.32 Å². The molecule has 6 heteroatoms. The van der Waals surface area contributed by atoms with Crippen LogP contribution in [0.1, 0.15) is 354 Å². The average Bonchev–Trinajstić information content (AvgIpc) is 3.41. The molecule has 1 amide bonds. The van der Waals surface area contributed by atoms with Crippen molar-refractivity contribution in [2.75, 3.05) is 13.2 Å². The molecule has 0 bridgehead atoms. The summed E-state index contributed by atoms with van der Waals surface area (Å²) in [6.45, 7) is 4.87. The number of carbonyl (C=O) groups is 2. The Hall–Kier alpha value is -2.18. The van der Waals surface area contributed by atoms with E-state index < -0.39 is 12.1 Å². The van der Waals surface area contributed by atoms with Gasteiger partial charge in [0, 0.05) is 12.8 Å². The number of carbonyl (C=O) groups excluding carboxylic acids is 2. The molecule has 0 rings (SSSR count). The van der Waals surface area contributed by atoms with Gasteiger partial charge in [0.1, 0.15) is 0 Å². The maximum atomic E-state index is 12.5. The molecule has 0 saturated heterocycles. The number of hydrogen-bond acceptors (Lipinski definition) is 5. The summed E-state index contributed by atoms with van der Waals surface area (Å²) in [6, 6.07) is -0.643. The van der Waals surface area contributed by atoms with Crippen molar-refractivity contribution < 1.29 is 24.5 Å². The van der Waals surface area contributed by atoms with Gasteiger partial charge in [-0.05, 0) is 89.9 Å². The summed E-state index contributed by atoms with van der Waals surface area (Å²) in [5.74, 6) is -0.0938. The summed E-state index contributed by atoms with van der Waals surface area (Å²) < 4.78 is 5.48. The lowest BCUT2D eigenvalue weighted by atomic mass is 10.0. The molecular formula is C69H129NO5. The van der Waals surface area contributed by atoms with E-state index in [0.29, 0.717) is 19.4 Å².